The molecule has 5 rings (SSSR count). The molecule has 3 heterocycles. The molecule has 196 valence electrons. The van der Waals surface area contributed by atoms with Gasteiger partial charge in [0.05, 0.1) is 24.9 Å². The summed E-state index contributed by atoms with van der Waals surface area (Å²) in [5.74, 6) is -1.21. The number of rotatable bonds is 6. The van der Waals surface area contributed by atoms with Crippen molar-refractivity contribution in [2.24, 2.45) is 0 Å². The highest BCUT2D eigenvalue weighted by atomic mass is 19.1. The van der Waals surface area contributed by atoms with Gasteiger partial charge in [0.15, 0.2) is 5.69 Å². The third-order valence-corrected chi connectivity index (χ3v) is 6.75. The van der Waals surface area contributed by atoms with Gasteiger partial charge in [0.25, 0.3) is 11.8 Å². The van der Waals surface area contributed by atoms with E-state index in [9.17, 15) is 19.1 Å². The fourth-order valence-electron chi connectivity index (χ4n) is 4.91. The van der Waals surface area contributed by atoms with Crippen LogP contribution in [0.15, 0.2) is 60.8 Å². The van der Waals surface area contributed by atoms with Crippen molar-refractivity contribution in [2.45, 2.75) is 39.0 Å². The van der Waals surface area contributed by atoms with Crippen molar-refractivity contribution < 1.29 is 19.1 Å². The molecule has 10 heteroatoms. The number of aliphatic hydroxyl groups excluding tert-OH is 1. The fourth-order valence-corrected chi connectivity index (χ4v) is 4.91. The largest absolute Gasteiger partial charge is 0.396 e. The average Bonchev–Trinajstić information content (AvgIpc) is 3.55. The summed E-state index contributed by atoms with van der Waals surface area (Å²) in [6, 6.07) is 14.9. The van der Waals surface area contributed by atoms with E-state index in [1.54, 1.807) is 71.2 Å². The van der Waals surface area contributed by atoms with Gasteiger partial charge in [0.1, 0.15) is 11.5 Å². The number of fused-ring (bicyclic) bond motifs is 1. The van der Waals surface area contributed by atoms with Gasteiger partial charge in [0, 0.05) is 35.6 Å². The van der Waals surface area contributed by atoms with E-state index in [4.69, 9.17) is 5.73 Å². The molecule has 0 fully saturated rings. The first-order valence-corrected chi connectivity index (χ1v) is 12.4. The maximum absolute atomic E-state index is 13.7. The molecule has 0 radical (unpaired) electrons. The third kappa shape index (κ3) is 4.90. The van der Waals surface area contributed by atoms with Crippen molar-refractivity contribution in [3.63, 3.8) is 0 Å². The van der Waals surface area contributed by atoms with Crippen LogP contribution in [0.5, 0.6) is 0 Å². The number of nitrogens with one attached hydrogen (secondary N) is 2. The summed E-state index contributed by atoms with van der Waals surface area (Å²) in [4.78, 5) is 31.3. The molecule has 2 aromatic heterocycles. The van der Waals surface area contributed by atoms with Crippen LogP contribution in [0.2, 0.25) is 0 Å². The molecule has 0 saturated carbocycles. The number of anilines is 2. The number of carbonyl (C=O) groups excluding carboxylic acids is 2. The molecule has 1 aliphatic heterocycles. The lowest BCUT2D eigenvalue weighted by atomic mass is 9.95. The Balaban J connectivity index is 1.52. The van der Waals surface area contributed by atoms with Gasteiger partial charge < -0.3 is 26.0 Å². The molecule has 2 atom stereocenters. The van der Waals surface area contributed by atoms with Gasteiger partial charge in [-0.25, -0.2) is 4.39 Å². The summed E-state index contributed by atoms with van der Waals surface area (Å²) in [5.41, 5.74) is 9.90. The number of aliphatic hydroxyl groups is 1. The molecule has 1 aliphatic rings. The van der Waals surface area contributed by atoms with E-state index in [0.29, 0.717) is 29.1 Å². The molecule has 4 aromatic rings. The highest BCUT2D eigenvalue weighted by Gasteiger charge is 2.34. The summed E-state index contributed by atoms with van der Waals surface area (Å²) < 4.78 is 15.5. The van der Waals surface area contributed by atoms with Crippen LogP contribution >= 0.6 is 0 Å². The monoisotopic (exact) mass is 516 g/mol. The van der Waals surface area contributed by atoms with Gasteiger partial charge in [-0.05, 0) is 54.4 Å². The van der Waals surface area contributed by atoms with Crippen molar-refractivity contribution in [3.05, 3.63) is 100 Å². The smallest absolute Gasteiger partial charge is 0.276 e. The van der Waals surface area contributed by atoms with Crippen LogP contribution in [0.4, 0.5) is 15.8 Å². The fraction of sp³-hybridized carbons (Fsp3) is 0.250. The predicted molar refractivity (Wildman–Crippen MR) is 141 cm³/mol. The van der Waals surface area contributed by atoms with E-state index in [2.05, 4.69) is 15.4 Å². The van der Waals surface area contributed by atoms with Crippen LogP contribution in [0, 0.1) is 5.82 Å². The maximum Gasteiger partial charge on any atom is 0.276 e. The Hall–Kier alpha value is -4.44. The van der Waals surface area contributed by atoms with Crippen LogP contribution in [0.25, 0.3) is 0 Å². The summed E-state index contributed by atoms with van der Waals surface area (Å²) >= 11 is 0. The topological polar surface area (TPSA) is 129 Å². The zero-order chi connectivity index (χ0) is 27.0. The van der Waals surface area contributed by atoms with Crippen molar-refractivity contribution in [1.82, 2.24) is 19.7 Å². The molecule has 0 aliphatic carbocycles. The molecule has 0 bridgehead atoms. The predicted octanol–water partition coefficient (Wildman–Crippen LogP) is 4.05. The highest BCUT2D eigenvalue weighted by Crippen LogP contribution is 2.32. The molecule has 38 heavy (non-hydrogen) atoms. The second-order valence-electron chi connectivity index (χ2n) is 9.65. The molecule has 0 spiro atoms. The summed E-state index contributed by atoms with van der Waals surface area (Å²) in [7, 11) is 0. The lowest BCUT2D eigenvalue weighted by Gasteiger charge is -2.32. The minimum absolute atomic E-state index is 0.0373. The minimum atomic E-state index is -0.685. The summed E-state index contributed by atoms with van der Waals surface area (Å²) in [6.07, 6.45) is 1.01. The lowest BCUT2D eigenvalue weighted by molar-refractivity contribution is 0.0711. The molecular formula is C28H29FN6O3. The molecule has 1 unspecified atom stereocenters. The zero-order valence-corrected chi connectivity index (χ0v) is 21.1. The van der Waals surface area contributed by atoms with Crippen molar-refractivity contribution >= 4 is 23.2 Å². The molecule has 2 aromatic carbocycles. The first-order chi connectivity index (χ1) is 18.2. The minimum Gasteiger partial charge on any atom is -0.396 e. The maximum atomic E-state index is 13.7. The second kappa shape index (κ2) is 10.1. The van der Waals surface area contributed by atoms with E-state index < -0.39 is 17.8 Å². The standard InChI is InChI=1S/C28H29FN6O3/c1-16-13-34(28(38)24-7-4-10-31-24)15-21-25(27(37)32-20-6-3-5-19(12-20)17(2)36)33-35(26(16)21)14-18-8-9-22(29)23(30)11-18/h3-12,16-17,31,36H,13-15,30H2,1-2H3,(H,32,37)/t16?,17-/m0/s1. The van der Waals surface area contributed by atoms with Crippen molar-refractivity contribution in [1.29, 1.82) is 0 Å². The van der Waals surface area contributed by atoms with Gasteiger partial charge >= 0.3 is 0 Å². The summed E-state index contributed by atoms with van der Waals surface area (Å²) in [6.45, 7) is 4.57. The van der Waals surface area contributed by atoms with E-state index in [1.807, 2.05) is 6.92 Å². The summed E-state index contributed by atoms with van der Waals surface area (Å²) in [5, 5.41) is 17.5. The van der Waals surface area contributed by atoms with Crippen LogP contribution in [-0.2, 0) is 13.1 Å². The van der Waals surface area contributed by atoms with Gasteiger partial charge in [-0.2, -0.15) is 5.10 Å². The van der Waals surface area contributed by atoms with Crippen LogP contribution in [-0.4, -0.2) is 43.1 Å². The van der Waals surface area contributed by atoms with Crippen molar-refractivity contribution in [2.75, 3.05) is 17.6 Å². The Labute approximate surface area is 219 Å². The zero-order valence-electron chi connectivity index (χ0n) is 21.1. The number of carbonyl (C=O) groups is 2. The molecule has 9 nitrogen and oxygen atoms in total. The van der Waals surface area contributed by atoms with Crippen LogP contribution < -0.4 is 11.1 Å². The molecule has 2 amide bonds. The Morgan fingerprint density at radius 2 is 2.05 bits per heavy atom. The van der Waals surface area contributed by atoms with Gasteiger partial charge in [-0.1, -0.05) is 25.1 Å². The Morgan fingerprint density at radius 1 is 1.24 bits per heavy atom. The second-order valence-corrected chi connectivity index (χ2v) is 9.65. The Kier molecular flexibility index (Phi) is 6.73. The SMILES string of the molecule is CC1CN(C(=O)c2ccc[nH]2)Cc2c(C(=O)Nc3cccc([C@H](C)O)c3)nn(Cc3ccc(F)c(N)c3)c21. The number of amides is 2. The van der Waals surface area contributed by atoms with E-state index >= 15 is 0 Å². The van der Waals surface area contributed by atoms with Gasteiger partial charge in [-0.3, -0.25) is 14.3 Å². The highest BCUT2D eigenvalue weighted by molar-refractivity contribution is 6.04. The van der Waals surface area contributed by atoms with Crippen molar-refractivity contribution in [3.8, 4) is 0 Å². The lowest BCUT2D eigenvalue weighted by Crippen LogP contribution is -2.38. The molecular weight excluding hydrogens is 487 g/mol. The first-order valence-electron chi connectivity index (χ1n) is 12.4. The molecule has 0 saturated heterocycles. The number of aromatic nitrogens is 3. The van der Waals surface area contributed by atoms with Gasteiger partial charge in [-0.15, -0.1) is 0 Å². The first kappa shape index (κ1) is 25.2. The van der Waals surface area contributed by atoms with E-state index in [0.717, 1.165) is 11.3 Å². The number of hydrogen-bond donors (Lipinski definition) is 4. The number of benzene rings is 2. The number of nitrogens with zero attached hydrogens (tertiary/aromatic N) is 3. The Morgan fingerprint density at radius 3 is 2.76 bits per heavy atom. The quantitative estimate of drug-likeness (QED) is 0.288. The number of hydrogen-bond acceptors (Lipinski definition) is 5. The van der Waals surface area contributed by atoms with Crippen LogP contribution in [0.3, 0.4) is 0 Å². The molecule has 5 N–H and O–H groups in total. The van der Waals surface area contributed by atoms with Gasteiger partial charge in [0.2, 0.25) is 0 Å². The normalized spacial score (nSPS) is 15.7. The van der Waals surface area contributed by atoms with Crippen LogP contribution in [0.1, 0.15) is 69.2 Å². The number of halogens is 1. The van der Waals surface area contributed by atoms with E-state index in [1.165, 1.54) is 6.07 Å². The van der Waals surface area contributed by atoms with E-state index in [-0.39, 0.29) is 36.3 Å². The third-order valence-electron chi connectivity index (χ3n) is 6.75. The average molecular weight is 517 g/mol. The number of nitrogen functional groups attached to an aromatic ring is 1. The number of nitrogens with two attached hydrogens (primary N) is 1. The number of aromatic amines is 1. The Bertz CT molecular complexity index is 1490. The number of H-pyrrole nitrogens is 1.